The molecule has 2 rings (SSSR count). The average Bonchev–Trinajstić information content (AvgIpc) is 2.50. The van der Waals surface area contributed by atoms with Gasteiger partial charge >= 0.3 is 0 Å². The number of amides is 2. The van der Waals surface area contributed by atoms with Crippen LogP contribution >= 0.6 is 12.6 Å². The van der Waals surface area contributed by atoms with Crippen LogP contribution in [0.4, 0.5) is 0 Å². The van der Waals surface area contributed by atoms with E-state index in [-0.39, 0.29) is 17.6 Å². The zero-order chi connectivity index (χ0) is 15.2. The normalized spacial score (nSPS) is 11.9. The summed E-state index contributed by atoms with van der Waals surface area (Å²) in [5, 5.41) is 6.39. The molecule has 110 valence electrons. The van der Waals surface area contributed by atoms with Gasteiger partial charge in [0.05, 0.1) is 5.52 Å². The van der Waals surface area contributed by atoms with Gasteiger partial charge in [-0.25, -0.2) is 0 Å². The fourth-order valence-electron chi connectivity index (χ4n) is 2.06. The number of rotatable bonds is 5. The molecule has 0 spiro atoms. The highest BCUT2D eigenvalue weighted by molar-refractivity contribution is 7.80. The van der Waals surface area contributed by atoms with Gasteiger partial charge in [-0.3, -0.25) is 14.6 Å². The third kappa shape index (κ3) is 3.95. The molecule has 0 bridgehead atoms. The molecule has 2 N–H and O–H groups in total. The first kappa shape index (κ1) is 15.3. The first-order chi connectivity index (χ1) is 10.1. The number of para-hydroxylation sites is 1. The van der Waals surface area contributed by atoms with E-state index in [4.69, 9.17) is 0 Å². The van der Waals surface area contributed by atoms with Crippen LogP contribution in [0.1, 0.15) is 12.5 Å². The number of hydrogen-bond acceptors (Lipinski definition) is 4. The van der Waals surface area contributed by atoms with E-state index in [1.165, 1.54) is 6.92 Å². The summed E-state index contributed by atoms with van der Waals surface area (Å²) in [5.74, 6) is -0.261. The van der Waals surface area contributed by atoms with Crippen LogP contribution < -0.4 is 10.6 Å². The van der Waals surface area contributed by atoms with Gasteiger partial charge in [-0.15, -0.1) is 0 Å². The van der Waals surface area contributed by atoms with Crippen molar-refractivity contribution in [1.82, 2.24) is 15.6 Å². The largest absolute Gasteiger partial charge is 0.350 e. The second-order valence-electron chi connectivity index (χ2n) is 4.65. The zero-order valence-electron chi connectivity index (χ0n) is 11.7. The summed E-state index contributed by atoms with van der Waals surface area (Å²) in [4.78, 5) is 27.4. The first-order valence-corrected chi connectivity index (χ1v) is 7.23. The third-order valence-electron chi connectivity index (χ3n) is 3.05. The molecule has 1 unspecified atom stereocenters. The van der Waals surface area contributed by atoms with Crippen molar-refractivity contribution in [2.45, 2.75) is 19.5 Å². The predicted molar refractivity (Wildman–Crippen MR) is 85.0 cm³/mol. The molecule has 1 aromatic carbocycles. The lowest BCUT2D eigenvalue weighted by Crippen LogP contribution is -2.47. The molecule has 0 aliphatic rings. The second kappa shape index (κ2) is 7.08. The van der Waals surface area contributed by atoms with E-state index >= 15 is 0 Å². The Hall–Kier alpha value is -2.08. The van der Waals surface area contributed by atoms with Crippen molar-refractivity contribution in [1.29, 1.82) is 0 Å². The predicted octanol–water partition coefficient (Wildman–Crippen LogP) is 1.29. The van der Waals surface area contributed by atoms with Gasteiger partial charge in [-0.1, -0.05) is 24.3 Å². The summed E-state index contributed by atoms with van der Waals surface area (Å²) in [6, 6.07) is 9.04. The van der Waals surface area contributed by atoms with E-state index in [1.807, 2.05) is 30.3 Å². The standard InChI is InChI=1S/C15H17N3O2S/c1-10(19)18-13(9-21)15(20)17-8-12-5-2-4-11-6-3-7-16-14(11)12/h2-7,13,21H,8-9H2,1H3,(H,17,20)(H,18,19). The number of carbonyl (C=O) groups excluding carboxylic acids is 2. The highest BCUT2D eigenvalue weighted by Gasteiger charge is 2.17. The Balaban J connectivity index is 2.07. The summed E-state index contributed by atoms with van der Waals surface area (Å²) in [5.41, 5.74) is 1.80. The Morgan fingerprint density at radius 3 is 2.76 bits per heavy atom. The molecule has 0 radical (unpaired) electrons. The van der Waals surface area contributed by atoms with Crippen LogP contribution in [0.25, 0.3) is 10.9 Å². The summed E-state index contributed by atoms with van der Waals surface area (Å²) in [6.45, 7) is 1.73. The SMILES string of the molecule is CC(=O)NC(CS)C(=O)NCc1cccc2cccnc12. The van der Waals surface area contributed by atoms with E-state index in [1.54, 1.807) is 6.20 Å². The minimum atomic E-state index is -0.631. The van der Waals surface area contributed by atoms with Gasteiger partial charge < -0.3 is 10.6 Å². The summed E-state index contributed by atoms with van der Waals surface area (Å²) in [6.07, 6.45) is 1.72. The molecule has 5 nitrogen and oxygen atoms in total. The molecule has 0 saturated carbocycles. The van der Waals surface area contributed by atoms with Gasteiger partial charge in [0.1, 0.15) is 6.04 Å². The second-order valence-corrected chi connectivity index (χ2v) is 5.01. The lowest BCUT2D eigenvalue weighted by atomic mass is 10.1. The Morgan fingerprint density at radius 2 is 2.05 bits per heavy atom. The molecule has 6 heteroatoms. The van der Waals surface area contributed by atoms with Crippen LogP contribution in [0.3, 0.4) is 0 Å². The molecular weight excluding hydrogens is 286 g/mol. The number of nitrogens with one attached hydrogen (secondary N) is 2. The van der Waals surface area contributed by atoms with Crippen molar-refractivity contribution >= 4 is 35.3 Å². The first-order valence-electron chi connectivity index (χ1n) is 6.60. The smallest absolute Gasteiger partial charge is 0.243 e. The maximum atomic E-state index is 12.0. The topological polar surface area (TPSA) is 71.1 Å². The number of benzene rings is 1. The van der Waals surface area contributed by atoms with E-state index < -0.39 is 6.04 Å². The van der Waals surface area contributed by atoms with Crippen molar-refractivity contribution in [2.75, 3.05) is 5.75 Å². The van der Waals surface area contributed by atoms with Crippen LogP contribution in [0, 0.1) is 0 Å². The highest BCUT2D eigenvalue weighted by Crippen LogP contribution is 2.15. The van der Waals surface area contributed by atoms with Gasteiger partial charge in [0.25, 0.3) is 0 Å². The van der Waals surface area contributed by atoms with Gasteiger partial charge in [0, 0.05) is 30.8 Å². The Labute approximate surface area is 128 Å². The lowest BCUT2D eigenvalue weighted by Gasteiger charge is -2.15. The molecule has 2 aromatic rings. The van der Waals surface area contributed by atoms with Crippen LogP contribution in [0.5, 0.6) is 0 Å². The number of pyridine rings is 1. The van der Waals surface area contributed by atoms with Crippen molar-refractivity contribution in [3.8, 4) is 0 Å². The fourth-order valence-corrected chi connectivity index (χ4v) is 2.31. The quantitative estimate of drug-likeness (QED) is 0.729. The van der Waals surface area contributed by atoms with Crippen LogP contribution in [0.2, 0.25) is 0 Å². The van der Waals surface area contributed by atoms with Gasteiger partial charge in [0.15, 0.2) is 0 Å². The van der Waals surface area contributed by atoms with Gasteiger partial charge in [-0.2, -0.15) is 12.6 Å². The molecule has 1 aromatic heterocycles. The van der Waals surface area contributed by atoms with E-state index in [0.29, 0.717) is 6.54 Å². The minimum Gasteiger partial charge on any atom is -0.350 e. The molecule has 0 aliphatic carbocycles. The van der Waals surface area contributed by atoms with E-state index in [9.17, 15) is 9.59 Å². The van der Waals surface area contributed by atoms with Gasteiger partial charge in [-0.05, 0) is 11.6 Å². The molecule has 0 aliphatic heterocycles. The molecule has 1 atom stereocenters. The summed E-state index contributed by atoms with van der Waals surface area (Å²) in [7, 11) is 0. The number of thiol groups is 1. The number of aromatic nitrogens is 1. The molecule has 1 heterocycles. The summed E-state index contributed by atoms with van der Waals surface area (Å²) < 4.78 is 0. The average molecular weight is 303 g/mol. The maximum absolute atomic E-state index is 12.0. The van der Waals surface area contributed by atoms with Crippen molar-refractivity contribution in [3.05, 3.63) is 42.1 Å². The molecule has 0 saturated heterocycles. The number of fused-ring (bicyclic) bond motifs is 1. The Bertz CT molecular complexity index is 655. The number of nitrogens with zero attached hydrogens (tertiary/aromatic N) is 1. The molecule has 2 amide bonds. The van der Waals surface area contributed by atoms with Crippen molar-refractivity contribution in [3.63, 3.8) is 0 Å². The van der Waals surface area contributed by atoms with Crippen LogP contribution in [-0.4, -0.2) is 28.6 Å². The number of hydrogen-bond donors (Lipinski definition) is 3. The molecular formula is C15H17N3O2S. The lowest BCUT2D eigenvalue weighted by molar-refractivity contribution is -0.127. The minimum absolute atomic E-state index is 0.249. The van der Waals surface area contributed by atoms with Gasteiger partial charge in [0.2, 0.25) is 11.8 Å². The zero-order valence-corrected chi connectivity index (χ0v) is 12.6. The van der Waals surface area contributed by atoms with Crippen LogP contribution in [-0.2, 0) is 16.1 Å². The van der Waals surface area contributed by atoms with E-state index in [2.05, 4.69) is 28.2 Å². The Kier molecular flexibility index (Phi) is 5.16. The summed E-state index contributed by atoms with van der Waals surface area (Å²) >= 11 is 4.08. The third-order valence-corrected chi connectivity index (χ3v) is 3.41. The van der Waals surface area contributed by atoms with E-state index in [0.717, 1.165) is 16.5 Å². The maximum Gasteiger partial charge on any atom is 0.243 e. The Morgan fingerprint density at radius 1 is 1.29 bits per heavy atom. The fraction of sp³-hybridized carbons (Fsp3) is 0.267. The highest BCUT2D eigenvalue weighted by atomic mass is 32.1. The molecule has 0 fully saturated rings. The number of carbonyl (C=O) groups is 2. The van der Waals surface area contributed by atoms with Crippen molar-refractivity contribution in [2.24, 2.45) is 0 Å². The monoisotopic (exact) mass is 303 g/mol. The van der Waals surface area contributed by atoms with Crippen LogP contribution in [0.15, 0.2) is 36.5 Å². The molecule has 21 heavy (non-hydrogen) atoms. The van der Waals surface area contributed by atoms with Crippen molar-refractivity contribution < 1.29 is 9.59 Å².